The van der Waals surface area contributed by atoms with Crippen LogP contribution in [0.25, 0.3) is 0 Å². The van der Waals surface area contributed by atoms with Crippen molar-refractivity contribution in [2.75, 3.05) is 0 Å². The normalized spacial score (nSPS) is 41.2. The van der Waals surface area contributed by atoms with Gasteiger partial charge in [-0.1, -0.05) is 80.0 Å². The third-order valence-electron chi connectivity index (χ3n) is 12.3. The number of rotatable bonds is 6. The van der Waals surface area contributed by atoms with Gasteiger partial charge < -0.3 is 0 Å². The fourth-order valence-corrected chi connectivity index (χ4v) is 15.5. The summed E-state index contributed by atoms with van der Waals surface area (Å²) in [7, 11) is -1.34. The second-order valence-electron chi connectivity index (χ2n) is 16.4. The molecule has 0 spiro atoms. The molecule has 4 aliphatic rings. The van der Waals surface area contributed by atoms with Crippen LogP contribution in [0.15, 0.2) is 12.7 Å². The molecule has 8 unspecified atom stereocenters. The van der Waals surface area contributed by atoms with Gasteiger partial charge in [-0.15, -0.1) is 6.58 Å². The zero-order valence-electron chi connectivity index (χ0n) is 24.5. The summed E-state index contributed by atoms with van der Waals surface area (Å²) in [5.74, 6) is 7.20. The van der Waals surface area contributed by atoms with Crippen molar-refractivity contribution in [3.63, 3.8) is 0 Å². The van der Waals surface area contributed by atoms with E-state index in [0.29, 0.717) is 10.8 Å². The van der Waals surface area contributed by atoms with E-state index in [1.54, 1.807) is 38.5 Å². The Morgan fingerprint density at radius 2 is 1.24 bits per heavy atom. The number of fused-ring (bicyclic) bond motifs is 3. The second kappa shape index (κ2) is 10.0. The predicted molar refractivity (Wildman–Crippen MR) is 154 cm³/mol. The minimum Gasteiger partial charge on any atom is -0.103 e. The largest absolute Gasteiger partial charge is 0.103 e. The summed E-state index contributed by atoms with van der Waals surface area (Å²) < 4.78 is 0. The number of hydrogen-bond donors (Lipinski definition) is 0. The van der Waals surface area contributed by atoms with Crippen LogP contribution in [0.2, 0.25) is 24.2 Å². The van der Waals surface area contributed by atoms with Crippen molar-refractivity contribution in [1.29, 1.82) is 0 Å². The zero-order chi connectivity index (χ0) is 24.9. The first-order chi connectivity index (χ1) is 15.8. The Kier molecular flexibility index (Phi) is 7.96. The van der Waals surface area contributed by atoms with Crippen LogP contribution in [0, 0.1) is 52.3 Å². The maximum Gasteiger partial charge on any atom is 0.0541 e. The van der Waals surface area contributed by atoms with Crippen molar-refractivity contribution in [3.05, 3.63) is 12.7 Å². The topological polar surface area (TPSA) is 0 Å². The molecule has 0 aromatic heterocycles. The molecule has 34 heavy (non-hydrogen) atoms. The first kappa shape index (κ1) is 27.0. The van der Waals surface area contributed by atoms with Gasteiger partial charge >= 0.3 is 0 Å². The Balaban J connectivity index is 1.59. The van der Waals surface area contributed by atoms with Crippen LogP contribution in [0.5, 0.6) is 0 Å². The highest BCUT2D eigenvalue weighted by Crippen LogP contribution is 2.68. The summed E-state index contributed by atoms with van der Waals surface area (Å²) in [6.07, 6.45) is 20.2. The molecule has 4 saturated carbocycles. The fraction of sp³-hybridized carbons (Fsp3) is 0.939. The molecule has 8 atom stereocenters. The molecule has 0 nitrogen and oxygen atoms in total. The lowest BCUT2D eigenvalue weighted by Gasteiger charge is -2.48. The number of hydrogen-bond acceptors (Lipinski definition) is 0. The SMILES string of the molecule is C=CCCCC1CCC([Si](C)(C)C2C3CC(C(C)(C)C)CCC3C3CCC(C(C)(C)C)CC32)C1. The smallest absolute Gasteiger partial charge is 0.0541 e. The molecule has 4 fully saturated rings. The summed E-state index contributed by atoms with van der Waals surface area (Å²) in [5, 5.41) is 0. The summed E-state index contributed by atoms with van der Waals surface area (Å²) in [6.45, 7) is 25.0. The van der Waals surface area contributed by atoms with E-state index in [9.17, 15) is 0 Å². The molecule has 4 rings (SSSR count). The van der Waals surface area contributed by atoms with E-state index in [0.717, 1.165) is 52.5 Å². The van der Waals surface area contributed by atoms with Crippen LogP contribution in [0.1, 0.15) is 119 Å². The molecule has 0 aromatic rings. The van der Waals surface area contributed by atoms with E-state index in [4.69, 9.17) is 0 Å². The highest BCUT2D eigenvalue weighted by molar-refractivity contribution is 6.80. The molecule has 4 aliphatic carbocycles. The van der Waals surface area contributed by atoms with Crippen molar-refractivity contribution in [1.82, 2.24) is 0 Å². The quantitative estimate of drug-likeness (QED) is 0.200. The molecule has 0 N–H and O–H groups in total. The summed E-state index contributed by atoms with van der Waals surface area (Å²) in [6, 6.07) is 0. The highest BCUT2D eigenvalue weighted by Gasteiger charge is 2.60. The Hall–Kier alpha value is -0.0431. The molecule has 0 amide bonds. The monoisotopic (exact) mass is 484 g/mol. The lowest BCUT2D eigenvalue weighted by molar-refractivity contribution is 0.0722. The van der Waals surface area contributed by atoms with Gasteiger partial charge in [-0.3, -0.25) is 0 Å². The van der Waals surface area contributed by atoms with Gasteiger partial charge in [-0.2, -0.15) is 0 Å². The third-order valence-corrected chi connectivity index (χ3v) is 17.5. The minimum absolute atomic E-state index is 0.493. The summed E-state index contributed by atoms with van der Waals surface area (Å²) in [4.78, 5) is 0. The molecule has 196 valence electrons. The summed E-state index contributed by atoms with van der Waals surface area (Å²) in [5.41, 5.74) is 3.18. The molecule has 0 radical (unpaired) electrons. The molecule has 1 heteroatoms. The van der Waals surface area contributed by atoms with Gasteiger partial charge in [0.15, 0.2) is 0 Å². The van der Waals surface area contributed by atoms with E-state index in [2.05, 4.69) is 67.3 Å². The highest BCUT2D eigenvalue weighted by atomic mass is 28.3. The molecule has 0 heterocycles. The first-order valence-electron chi connectivity index (χ1n) is 15.4. The van der Waals surface area contributed by atoms with Gasteiger partial charge in [0.2, 0.25) is 0 Å². The molecule has 0 bridgehead atoms. The Labute approximate surface area is 215 Å². The van der Waals surface area contributed by atoms with E-state index in [-0.39, 0.29) is 0 Å². The second-order valence-corrected chi connectivity index (χ2v) is 21.5. The van der Waals surface area contributed by atoms with Crippen LogP contribution >= 0.6 is 0 Å². The Morgan fingerprint density at radius 1 is 0.706 bits per heavy atom. The first-order valence-corrected chi connectivity index (χ1v) is 18.6. The summed E-state index contributed by atoms with van der Waals surface area (Å²) >= 11 is 0. The van der Waals surface area contributed by atoms with Crippen molar-refractivity contribution in [3.8, 4) is 0 Å². The van der Waals surface area contributed by atoms with Crippen molar-refractivity contribution in [2.24, 2.45) is 52.3 Å². The zero-order valence-corrected chi connectivity index (χ0v) is 25.5. The van der Waals surface area contributed by atoms with E-state index in [1.165, 1.54) is 38.5 Å². The number of allylic oxidation sites excluding steroid dienone is 1. The van der Waals surface area contributed by atoms with E-state index >= 15 is 0 Å². The van der Waals surface area contributed by atoms with Crippen LogP contribution < -0.4 is 0 Å². The van der Waals surface area contributed by atoms with Crippen LogP contribution in [-0.4, -0.2) is 8.07 Å². The Morgan fingerprint density at radius 3 is 1.71 bits per heavy atom. The lowest BCUT2D eigenvalue weighted by atomic mass is 9.62. The fourth-order valence-electron chi connectivity index (χ4n) is 10.2. The minimum atomic E-state index is -1.34. The van der Waals surface area contributed by atoms with Gasteiger partial charge in [-0.25, -0.2) is 0 Å². The van der Waals surface area contributed by atoms with Gasteiger partial charge in [-0.05, 0) is 121 Å². The van der Waals surface area contributed by atoms with Gasteiger partial charge in [0.25, 0.3) is 0 Å². The van der Waals surface area contributed by atoms with Crippen LogP contribution in [0.3, 0.4) is 0 Å². The standard InChI is InChI=1S/C33H60Si/c1-10-11-12-13-23-14-17-26(20-23)34(8,9)31-29-21-24(32(2,3)4)15-18-27(29)28-19-16-25(22-30(28)31)33(5,6)7/h10,23-31H,1,11-22H2,2-9H3. The molecular formula is C33H60Si. The lowest BCUT2D eigenvalue weighted by Crippen LogP contribution is -2.45. The van der Waals surface area contributed by atoms with Crippen molar-refractivity contribution >= 4 is 8.07 Å². The van der Waals surface area contributed by atoms with Gasteiger partial charge in [0.1, 0.15) is 0 Å². The average Bonchev–Trinajstić information content (AvgIpc) is 3.35. The maximum absolute atomic E-state index is 3.96. The molecule has 0 aliphatic heterocycles. The molecular weight excluding hydrogens is 424 g/mol. The van der Waals surface area contributed by atoms with Crippen molar-refractivity contribution in [2.45, 2.75) is 143 Å². The van der Waals surface area contributed by atoms with Gasteiger partial charge in [0, 0.05) is 0 Å². The van der Waals surface area contributed by atoms with Crippen LogP contribution in [-0.2, 0) is 0 Å². The maximum atomic E-state index is 3.96. The van der Waals surface area contributed by atoms with E-state index < -0.39 is 8.07 Å². The average molecular weight is 485 g/mol. The van der Waals surface area contributed by atoms with Crippen LogP contribution in [0.4, 0.5) is 0 Å². The van der Waals surface area contributed by atoms with E-state index in [1.807, 2.05) is 0 Å². The van der Waals surface area contributed by atoms with Gasteiger partial charge in [0.05, 0.1) is 8.07 Å². The predicted octanol–water partition coefficient (Wildman–Crippen LogP) is 10.8. The Bertz CT molecular complexity index is 652. The van der Waals surface area contributed by atoms with Crippen molar-refractivity contribution < 1.29 is 0 Å². The molecule has 0 aromatic carbocycles. The third kappa shape index (κ3) is 5.31. The molecule has 0 saturated heterocycles. The number of unbranched alkanes of at least 4 members (excludes halogenated alkanes) is 1.